The number of unbranched alkanes of at least 4 members (excludes halogenated alkanes) is 1. The van der Waals surface area contributed by atoms with Crippen molar-refractivity contribution in [2.24, 2.45) is 0 Å². The molecular formula is C18H31NO6. The molecule has 25 heavy (non-hydrogen) atoms. The van der Waals surface area contributed by atoms with Crippen LogP contribution in [0.15, 0.2) is 24.8 Å². The van der Waals surface area contributed by atoms with E-state index >= 15 is 0 Å². The number of esters is 2. The van der Waals surface area contributed by atoms with Crippen molar-refractivity contribution >= 4 is 18.0 Å². The monoisotopic (exact) mass is 357 g/mol. The summed E-state index contributed by atoms with van der Waals surface area (Å²) in [6.07, 6.45) is 2.51. The Hall–Kier alpha value is -2.31. The molecule has 0 heterocycles. The standard InChI is InChI=1S/C10H17NO4.C8H14O2/c1-5-8(12)14-7-6-11-9(13)15-10(2,3)4;1-4-5-6-10-8(9)7(2)3/h5H,1,6-7H2,2-4H3,(H,11,13);2,4-6H2,1,3H3. The Morgan fingerprint density at radius 1 is 1.12 bits per heavy atom. The summed E-state index contributed by atoms with van der Waals surface area (Å²) in [6.45, 7) is 16.5. The van der Waals surface area contributed by atoms with Gasteiger partial charge in [0.05, 0.1) is 13.2 Å². The van der Waals surface area contributed by atoms with Crippen LogP contribution in [0.1, 0.15) is 47.5 Å². The summed E-state index contributed by atoms with van der Waals surface area (Å²) in [4.78, 5) is 32.4. The van der Waals surface area contributed by atoms with Crippen molar-refractivity contribution in [3.63, 3.8) is 0 Å². The molecule has 0 atom stereocenters. The molecule has 7 nitrogen and oxygen atoms in total. The summed E-state index contributed by atoms with van der Waals surface area (Å²) in [6, 6.07) is 0. The molecule has 0 aromatic rings. The van der Waals surface area contributed by atoms with Crippen LogP contribution >= 0.6 is 0 Å². The van der Waals surface area contributed by atoms with Gasteiger partial charge in [-0.05, 0) is 34.1 Å². The average molecular weight is 357 g/mol. The van der Waals surface area contributed by atoms with Gasteiger partial charge in [0.1, 0.15) is 12.2 Å². The number of nitrogens with one attached hydrogen (secondary N) is 1. The quantitative estimate of drug-likeness (QED) is 0.311. The molecule has 1 amide bonds. The molecule has 0 aliphatic rings. The van der Waals surface area contributed by atoms with E-state index in [-0.39, 0.29) is 19.1 Å². The van der Waals surface area contributed by atoms with Gasteiger partial charge in [-0.25, -0.2) is 14.4 Å². The second-order valence-corrected chi connectivity index (χ2v) is 6.07. The maximum Gasteiger partial charge on any atom is 0.407 e. The number of carbonyl (C=O) groups excluding carboxylic acids is 3. The highest BCUT2D eigenvalue weighted by atomic mass is 16.6. The van der Waals surface area contributed by atoms with E-state index in [1.54, 1.807) is 27.7 Å². The highest BCUT2D eigenvalue weighted by Crippen LogP contribution is 2.05. The van der Waals surface area contributed by atoms with Gasteiger partial charge in [-0.2, -0.15) is 0 Å². The lowest BCUT2D eigenvalue weighted by Crippen LogP contribution is -2.34. The number of hydrogen-bond donors (Lipinski definition) is 1. The fourth-order valence-corrected chi connectivity index (χ4v) is 1.11. The molecule has 0 bridgehead atoms. The van der Waals surface area contributed by atoms with Crippen LogP contribution in [0.4, 0.5) is 4.79 Å². The van der Waals surface area contributed by atoms with Crippen LogP contribution in [0.2, 0.25) is 0 Å². The van der Waals surface area contributed by atoms with E-state index < -0.39 is 17.7 Å². The zero-order chi connectivity index (χ0) is 19.9. The first kappa shape index (κ1) is 24.9. The number of ether oxygens (including phenoxy) is 3. The minimum absolute atomic E-state index is 0.101. The number of rotatable bonds is 8. The molecule has 0 saturated carbocycles. The van der Waals surface area contributed by atoms with Crippen LogP contribution in [-0.2, 0) is 23.8 Å². The van der Waals surface area contributed by atoms with Crippen LogP contribution in [0.5, 0.6) is 0 Å². The number of alkyl carbamates (subject to hydrolysis) is 1. The molecule has 0 unspecified atom stereocenters. The largest absolute Gasteiger partial charge is 0.462 e. The normalized spacial score (nSPS) is 9.80. The van der Waals surface area contributed by atoms with Gasteiger partial charge in [0, 0.05) is 11.6 Å². The molecule has 144 valence electrons. The molecule has 7 heteroatoms. The molecule has 0 spiro atoms. The Balaban J connectivity index is 0. The van der Waals surface area contributed by atoms with Gasteiger partial charge >= 0.3 is 18.0 Å². The predicted molar refractivity (Wildman–Crippen MR) is 96.1 cm³/mol. The average Bonchev–Trinajstić information content (AvgIpc) is 2.50. The molecule has 1 N–H and O–H groups in total. The molecular weight excluding hydrogens is 326 g/mol. The second kappa shape index (κ2) is 14.1. The first-order chi connectivity index (χ1) is 11.5. The maximum absolute atomic E-state index is 11.1. The van der Waals surface area contributed by atoms with E-state index in [0.29, 0.717) is 12.2 Å². The summed E-state index contributed by atoms with van der Waals surface area (Å²) in [5.41, 5.74) is -0.0573. The SMILES string of the molecule is C=C(C)C(=O)OCCCC.C=CC(=O)OCCNC(=O)OC(C)(C)C. The molecule has 0 saturated heterocycles. The van der Waals surface area contributed by atoms with Crippen LogP contribution in [0.25, 0.3) is 0 Å². The number of hydrogen-bond acceptors (Lipinski definition) is 6. The topological polar surface area (TPSA) is 90.9 Å². The van der Waals surface area contributed by atoms with E-state index in [4.69, 9.17) is 9.47 Å². The highest BCUT2D eigenvalue weighted by Gasteiger charge is 2.15. The third kappa shape index (κ3) is 19.6. The van der Waals surface area contributed by atoms with Crippen LogP contribution < -0.4 is 5.32 Å². The van der Waals surface area contributed by atoms with Crippen molar-refractivity contribution in [3.05, 3.63) is 24.8 Å². The lowest BCUT2D eigenvalue weighted by Gasteiger charge is -2.19. The van der Waals surface area contributed by atoms with Gasteiger partial charge in [-0.15, -0.1) is 0 Å². The summed E-state index contributed by atoms with van der Waals surface area (Å²) in [5, 5.41) is 2.45. The summed E-state index contributed by atoms with van der Waals surface area (Å²) in [7, 11) is 0. The third-order valence-electron chi connectivity index (χ3n) is 2.26. The van der Waals surface area contributed by atoms with Gasteiger partial charge in [-0.1, -0.05) is 26.5 Å². The van der Waals surface area contributed by atoms with Crippen molar-refractivity contribution in [2.45, 2.75) is 53.1 Å². The Kier molecular flexibility index (Phi) is 14.0. The molecule has 0 aliphatic heterocycles. The number of amides is 1. The minimum atomic E-state index is -0.530. The fourth-order valence-electron chi connectivity index (χ4n) is 1.11. The van der Waals surface area contributed by atoms with E-state index in [2.05, 4.69) is 30.1 Å². The van der Waals surface area contributed by atoms with Crippen LogP contribution in [0.3, 0.4) is 0 Å². The number of carbonyl (C=O) groups is 3. The van der Waals surface area contributed by atoms with E-state index in [0.717, 1.165) is 18.9 Å². The summed E-state index contributed by atoms with van der Waals surface area (Å²) < 4.78 is 14.4. The van der Waals surface area contributed by atoms with E-state index in [1.165, 1.54) is 0 Å². The van der Waals surface area contributed by atoms with Crippen molar-refractivity contribution < 1.29 is 28.6 Å². The maximum atomic E-state index is 11.1. The Morgan fingerprint density at radius 2 is 1.72 bits per heavy atom. The van der Waals surface area contributed by atoms with Crippen molar-refractivity contribution in [1.82, 2.24) is 5.32 Å². The van der Waals surface area contributed by atoms with Crippen molar-refractivity contribution in [1.29, 1.82) is 0 Å². The Labute approximate surface area is 150 Å². The van der Waals surface area contributed by atoms with Gasteiger partial charge in [0.2, 0.25) is 0 Å². The van der Waals surface area contributed by atoms with Crippen LogP contribution in [-0.4, -0.2) is 43.4 Å². The highest BCUT2D eigenvalue weighted by molar-refractivity contribution is 5.86. The van der Waals surface area contributed by atoms with Gasteiger partial charge in [0.15, 0.2) is 0 Å². The molecule has 0 radical (unpaired) electrons. The second-order valence-electron chi connectivity index (χ2n) is 6.07. The minimum Gasteiger partial charge on any atom is -0.462 e. The van der Waals surface area contributed by atoms with E-state index in [9.17, 15) is 14.4 Å². The molecule has 0 aliphatic carbocycles. The van der Waals surface area contributed by atoms with Gasteiger partial charge < -0.3 is 19.5 Å². The zero-order valence-electron chi connectivity index (χ0n) is 16.0. The predicted octanol–water partition coefficient (Wildman–Crippen LogP) is 3.15. The molecule has 0 fully saturated rings. The Bertz CT molecular complexity index is 451. The van der Waals surface area contributed by atoms with Gasteiger partial charge in [0.25, 0.3) is 0 Å². The lowest BCUT2D eigenvalue weighted by molar-refractivity contribution is -0.139. The van der Waals surface area contributed by atoms with Crippen LogP contribution in [0, 0.1) is 0 Å². The molecule has 0 rings (SSSR count). The fraction of sp³-hybridized carbons (Fsp3) is 0.611. The third-order valence-corrected chi connectivity index (χ3v) is 2.26. The summed E-state index contributed by atoms with van der Waals surface area (Å²) >= 11 is 0. The first-order valence-corrected chi connectivity index (χ1v) is 8.12. The lowest BCUT2D eigenvalue weighted by atomic mass is 10.2. The smallest absolute Gasteiger partial charge is 0.407 e. The van der Waals surface area contributed by atoms with Crippen molar-refractivity contribution in [3.8, 4) is 0 Å². The van der Waals surface area contributed by atoms with Crippen molar-refractivity contribution in [2.75, 3.05) is 19.8 Å². The van der Waals surface area contributed by atoms with E-state index in [1.807, 2.05) is 0 Å². The zero-order valence-corrected chi connectivity index (χ0v) is 16.0. The van der Waals surface area contributed by atoms with Gasteiger partial charge in [-0.3, -0.25) is 0 Å². The Morgan fingerprint density at radius 3 is 2.16 bits per heavy atom. The first-order valence-electron chi connectivity index (χ1n) is 8.12. The molecule has 0 aromatic carbocycles. The summed E-state index contributed by atoms with van der Waals surface area (Å²) in [5.74, 6) is -0.797. The molecule has 0 aromatic heterocycles.